The fourth-order valence-electron chi connectivity index (χ4n) is 4.15. The zero-order chi connectivity index (χ0) is 22.8. The van der Waals surface area contributed by atoms with E-state index in [0.717, 1.165) is 35.6 Å². The third kappa shape index (κ3) is 5.65. The van der Waals surface area contributed by atoms with Gasteiger partial charge < -0.3 is 5.32 Å². The summed E-state index contributed by atoms with van der Waals surface area (Å²) in [4.78, 5) is 19.5. The molecule has 0 unspecified atom stereocenters. The Kier molecular flexibility index (Phi) is 7.35. The Bertz CT molecular complexity index is 1240. The number of halogens is 1. The summed E-state index contributed by atoms with van der Waals surface area (Å²) in [5, 5.41) is 10.3. The molecular weight excluding hydrogens is 474 g/mol. The van der Waals surface area contributed by atoms with Gasteiger partial charge in [0.1, 0.15) is 0 Å². The molecule has 0 radical (unpaired) electrons. The maximum atomic E-state index is 12.8. The highest BCUT2D eigenvalue weighted by Gasteiger charge is 2.24. The first-order chi connectivity index (χ1) is 15.9. The Morgan fingerprint density at radius 1 is 1.09 bits per heavy atom. The van der Waals surface area contributed by atoms with Crippen molar-refractivity contribution < 1.29 is 13.2 Å². The van der Waals surface area contributed by atoms with Crippen LogP contribution in [0.2, 0.25) is 0 Å². The van der Waals surface area contributed by atoms with E-state index in [0.29, 0.717) is 36.8 Å². The van der Waals surface area contributed by atoms with Crippen molar-refractivity contribution in [3.8, 4) is 11.4 Å². The van der Waals surface area contributed by atoms with Gasteiger partial charge in [0.05, 0.1) is 11.5 Å². The average Bonchev–Trinajstić information content (AvgIpc) is 3.24. The summed E-state index contributed by atoms with van der Waals surface area (Å²) in [7, 11) is -2.90. The topological polar surface area (TPSA) is 108 Å². The van der Waals surface area contributed by atoms with E-state index in [4.69, 9.17) is 0 Å². The number of sulfone groups is 1. The molecule has 5 rings (SSSR count). The molecule has 1 aliphatic carbocycles. The highest BCUT2D eigenvalue weighted by Crippen LogP contribution is 2.34. The van der Waals surface area contributed by atoms with Crippen molar-refractivity contribution in [3.63, 3.8) is 0 Å². The Hall–Kier alpha value is -2.75. The lowest BCUT2D eigenvalue weighted by atomic mass is 9.85. The van der Waals surface area contributed by atoms with Crippen molar-refractivity contribution in [2.75, 3.05) is 29.9 Å². The summed E-state index contributed by atoms with van der Waals surface area (Å²) in [6.45, 7) is 1.68. The molecule has 1 saturated carbocycles. The van der Waals surface area contributed by atoms with E-state index in [1.807, 2.05) is 42.5 Å². The number of rotatable bonds is 6. The average molecular weight is 502 g/mol. The summed E-state index contributed by atoms with van der Waals surface area (Å²) < 4.78 is 23.2. The molecule has 180 valence electrons. The monoisotopic (exact) mass is 501 g/mol. The van der Waals surface area contributed by atoms with E-state index in [1.54, 1.807) is 6.07 Å². The Balaban J connectivity index is 0.00000274. The third-order valence-corrected chi connectivity index (χ3v) is 8.03. The minimum Gasteiger partial charge on any atom is -0.322 e. The number of benzene rings is 2. The summed E-state index contributed by atoms with van der Waals surface area (Å²) in [6.07, 6.45) is 3.56. The van der Waals surface area contributed by atoms with E-state index < -0.39 is 9.84 Å². The van der Waals surface area contributed by atoms with Crippen molar-refractivity contribution in [3.05, 3.63) is 65.5 Å². The van der Waals surface area contributed by atoms with Gasteiger partial charge in [0.2, 0.25) is 0 Å². The molecule has 1 aliphatic heterocycles. The number of hydrogen-bond acceptors (Lipinski definition) is 6. The number of hydrogen-bond donors (Lipinski definition) is 2. The van der Waals surface area contributed by atoms with E-state index in [1.165, 1.54) is 6.42 Å². The van der Waals surface area contributed by atoms with E-state index >= 15 is 0 Å². The lowest BCUT2D eigenvalue weighted by molar-refractivity contribution is 0.102. The largest absolute Gasteiger partial charge is 0.322 e. The van der Waals surface area contributed by atoms with E-state index in [2.05, 4.69) is 25.4 Å². The fourth-order valence-corrected chi connectivity index (χ4v) is 5.42. The van der Waals surface area contributed by atoms with Gasteiger partial charge in [-0.2, -0.15) is 5.10 Å². The van der Waals surface area contributed by atoms with Gasteiger partial charge >= 0.3 is 0 Å². The molecular formula is C24H28ClN5O3S. The molecule has 0 spiro atoms. The number of anilines is 1. The normalized spacial score (nSPS) is 18.0. The molecule has 8 nitrogen and oxygen atoms in total. The van der Waals surface area contributed by atoms with E-state index in [-0.39, 0.29) is 29.8 Å². The molecule has 1 saturated heterocycles. The Morgan fingerprint density at radius 3 is 2.50 bits per heavy atom. The Labute approximate surface area is 205 Å². The lowest BCUT2D eigenvalue weighted by Gasteiger charge is -2.26. The van der Waals surface area contributed by atoms with Crippen LogP contribution >= 0.6 is 12.4 Å². The number of aromatic nitrogens is 3. The predicted octanol–water partition coefficient (Wildman–Crippen LogP) is 3.64. The second kappa shape index (κ2) is 10.2. The van der Waals surface area contributed by atoms with Gasteiger partial charge in [-0.15, -0.1) is 12.4 Å². The molecule has 2 N–H and O–H groups in total. The highest BCUT2D eigenvalue weighted by atomic mass is 35.5. The summed E-state index contributed by atoms with van der Waals surface area (Å²) in [6, 6.07) is 15.0. The molecule has 3 aromatic rings. The van der Waals surface area contributed by atoms with E-state index in [9.17, 15) is 13.2 Å². The number of nitrogens with zero attached hydrogens (tertiary/aromatic N) is 3. The SMILES string of the molecule is Cl.O=C(Nc1ccc(-c2nc(C3CCC3)n[nH]2)cc1)c1cccc(CN2CCS(=O)(=O)CC2)c1. The van der Waals surface area contributed by atoms with Gasteiger partial charge in [-0.3, -0.25) is 14.8 Å². The van der Waals surface area contributed by atoms with Gasteiger partial charge in [-0.1, -0.05) is 18.6 Å². The zero-order valence-corrected chi connectivity index (χ0v) is 20.4. The van der Waals surface area contributed by atoms with Crippen LogP contribution in [-0.2, 0) is 16.4 Å². The zero-order valence-electron chi connectivity index (χ0n) is 18.7. The fraction of sp³-hybridized carbons (Fsp3) is 0.375. The highest BCUT2D eigenvalue weighted by molar-refractivity contribution is 7.91. The molecule has 0 atom stereocenters. The second-order valence-corrected chi connectivity index (χ2v) is 11.1. The number of amides is 1. The quantitative estimate of drug-likeness (QED) is 0.533. The van der Waals surface area contributed by atoms with Crippen LogP contribution in [0.15, 0.2) is 48.5 Å². The molecule has 10 heteroatoms. The molecule has 2 fully saturated rings. The van der Waals surface area contributed by atoms with Crippen LogP contribution in [0.4, 0.5) is 5.69 Å². The molecule has 2 aromatic carbocycles. The smallest absolute Gasteiger partial charge is 0.255 e. The number of carbonyl (C=O) groups excluding carboxylic acids is 1. The maximum absolute atomic E-state index is 12.8. The first-order valence-corrected chi connectivity index (χ1v) is 13.1. The van der Waals surface area contributed by atoms with Gasteiger partial charge in [0.15, 0.2) is 21.5 Å². The molecule has 2 aliphatic rings. The van der Waals surface area contributed by atoms with Crippen LogP contribution in [0, 0.1) is 0 Å². The van der Waals surface area contributed by atoms with Gasteiger partial charge in [-0.05, 0) is 54.8 Å². The van der Waals surface area contributed by atoms with Crippen molar-refractivity contribution in [1.29, 1.82) is 0 Å². The van der Waals surface area contributed by atoms with Crippen LogP contribution in [0.25, 0.3) is 11.4 Å². The van der Waals surface area contributed by atoms with Crippen LogP contribution in [0.5, 0.6) is 0 Å². The number of aromatic amines is 1. The first-order valence-electron chi connectivity index (χ1n) is 11.3. The summed E-state index contributed by atoms with van der Waals surface area (Å²) in [5.41, 5.74) is 3.19. The van der Waals surface area contributed by atoms with Crippen molar-refractivity contribution in [1.82, 2.24) is 20.1 Å². The van der Waals surface area contributed by atoms with Gasteiger partial charge in [0.25, 0.3) is 5.91 Å². The van der Waals surface area contributed by atoms with Crippen molar-refractivity contribution in [2.45, 2.75) is 31.7 Å². The molecule has 1 amide bonds. The van der Waals surface area contributed by atoms with Gasteiger partial charge in [0, 0.05) is 42.4 Å². The van der Waals surface area contributed by atoms with Crippen LogP contribution in [-0.4, -0.2) is 59.0 Å². The van der Waals surface area contributed by atoms with Crippen molar-refractivity contribution >= 4 is 33.8 Å². The first kappa shape index (κ1) is 24.4. The third-order valence-electron chi connectivity index (χ3n) is 6.42. The van der Waals surface area contributed by atoms with Crippen LogP contribution < -0.4 is 5.32 Å². The molecule has 34 heavy (non-hydrogen) atoms. The van der Waals surface area contributed by atoms with Crippen molar-refractivity contribution in [2.24, 2.45) is 0 Å². The lowest BCUT2D eigenvalue weighted by Crippen LogP contribution is -2.39. The number of carbonyl (C=O) groups is 1. The molecule has 0 bridgehead atoms. The minimum atomic E-state index is -2.90. The predicted molar refractivity (Wildman–Crippen MR) is 134 cm³/mol. The van der Waals surface area contributed by atoms with Crippen LogP contribution in [0.1, 0.15) is 46.9 Å². The summed E-state index contributed by atoms with van der Waals surface area (Å²) in [5.74, 6) is 2.32. The van der Waals surface area contributed by atoms with Gasteiger partial charge in [-0.25, -0.2) is 13.4 Å². The minimum absolute atomic E-state index is 0. The second-order valence-electron chi connectivity index (χ2n) is 8.83. The number of H-pyrrole nitrogens is 1. The molecule has 2 heterocycles. The Morgan fingerprint density at radius 2 is 1.82 bits per heavy atom. The number of nitrogens with one attached hydrogen (secondary N) is 2. The molecule has 1 aromatic heterocycles. The summed E-state index contributed by atoms with van der Waals surface area (Å²) >= 11 is 0. The standard InChI is InChI=1S/C24H27N5O3S.ClH/c30-24(20-6-1-3-17(15-20)16-29-11-13-33(31,32)14-12-29)25-21-9-7-19(8-10-21)23-26-22(27-28-23)18-4-2-5-18;/h1,3,6-10,15,18H,2,4-5,11-14,16H2,(H,25,30)(H,26,27,28);1H. The van der Waals surface area contributed by atoms with Crippen LogP contribution in [0.3, 0.4) is 0 Å². The maximum Gasteiger partial charge on any atom is 0.255 e.